The van der Waals surface area contributed by atoms with Crippen LogP contribution in [0.5, 0.6) is 5.75 Å². The molecule has 1 aromatic carbocycles. The van der Waals surface area contributed by atoms with Crippen LogP contribution in [0.2, 0.25) is 0 Å². The van der Waals surface area contributed by atoms with Crippen LogP contribution in [0.4, 0.5) is 0 Å². The summed E-state index contributed by atoms with van der Waals surface area (Å²) in [4.78, 5) is 8.86. The van der Waals surface area contributed by atoms with E-state index in [1.165, 1.54) is 5.56 Å². The number of ether oxygens (including phenoxy) is 1. The van der Waals surface area contributed by atoms with Crippen LogP contribution in [-0.2, 0) is 0 Å². The van der Waals surface area contributed by atoms with Gasteiger partial charge in [-0.1, -0.05) is 6.07 Å². The Morgan fingerprint density at radius 1 is 1.20 bits per heavy atom. The van der Waals surface area contributed by atoms with Crippen molar-refractivity contribution in [2.24, 2.45) is 0 Å². The number of hydrogen-bond acceptors (Lipinski definition) is 3. The molecule has 0 amide bonds. The van der Waals surface area contributed by atoms with Crippen molar-refractivity contribution in [2.45, 2.75) is 13.8 Å². The van der Waals surface area contributed by atoms with Crippen molar-refractivity contribution in [3.63, 3.8) is 0 Å². The van der Waals surface area contributed by atoms with Gasteiger partial charge in [-0.15, -0.1) is 0 Å². The predicted molar refractivity (Wildman–Crippen MR) is 82.1 cm³/mol. The molecule has 4 nitrogen and oxygen atoms in total. The zero-order valence-corrected chi connectivity index (χ0v) is 13.1. The first-order chi connectivity index (χ1) is 9.58. The highest BCUT2D eigenvalue weighted by atomic mass is 79.9. The number of aromatic nitrogens is 3. The number of benzene rings is 1. The van der Waals surface area contributed by atoms with Gasteiger partial charge in [-0.3, -0.25) is 4.40 Å². The lowest BCUT2D eigenvalue weighted by Gasteiger charge is -2.10. The van der Waals surface area contributed by atoms with Crippen LogP contribution in [0, 0.1) is 13.8 Å². The summed E-state index contributed by atoms with van der Waals surface area (Å²) in [6.45, 7) is 4.11. The van der Waals surface area contributed by atoms with Crippen molar-refractivity contribution < 1.29 is 4.74 Å². The molecule has 3 rings (SSSR count). The Labute approximate surface area is 125 Å². The summed E-state index contributed by atoms with van der Waals surface area (Å²) in [5, 5.41) is 0. The van der Waals surface area contributed by atoms with E-state index in [1.807, 2.05) is 23.7 Å². The van der Waals surface area contributed by atoms with Crippen LogP contribution in [0.15, 0.2) is 35.2 Å². The minimum absolute atomic E-state index is 0.671. The summed E-state index contributed by atoms with van der Waals surface area (Å²) < 4.78 is 8.34. The summed E-state index contributed by atoms with van der Waals surface area (Å²) in [6, 6.07) is 4.19. The van der Waals surface area contributed by atoms with Gasteiger partial charge in [-0.05, 0) is 47.0 Å². The zero-order valence-electron chi connectivity index (χ0n) is 11.5. The van der Waals surface area contributed by atoms with Crippen LogP contribution in [-0.4, -0.2) is 21.5 Å². The van der Waals surface area contributed by atoms with E-state index < -0.39 is 0 Å². The van der Waals surface area contributed by atoms with E-state index in [-0.39, 0.29) is 0 Å². The summed E-state index contributed by atoms with van der Waals surface area (Å²) in [7, 11) is 1.69. The SMILES string of the molecule is COc1c(C)cc(C)cc1-c1cn2cc(Br)cnc2n1. The van der Waals surface area contributed by atoms with Gasteiger partial charge in [0.05, 0.1) is 17.3 Å². The third-order valence-corrected chi connectivity index (χ3v) is 3.59. The molecule has 0 N–H and O–H groups in total. The van der Waals surface area contributed by atoms with Crippen molar-refractivity contribution in [1.29, 1.82) is 0 Å². The average molecular weight is 332 g/mol. The van der Waals surface area contributed by atoms with Crippen molar-refractivity contribution in [2.75, 3.05) is 7.11 Å². The number of fused-ring (bicyclic) bond motifs is 1. The van der Waals surface area contributed by atoms with E-state index in [0.29, 0.717) is 5.78 Å². The molecule has 20 heavy (non-hydrogen) atoms. The smallest absolute Gasteiger partial charge is 0.234 e. The second-order valence-corrected chi connectivity index (χ2v) is 5.68. The van der Waals surface area contributed by atoms with Crippen molar-refractivity contribution >= 4 is 21.7 Å². The fourth-order valence-corrected chi connectivity index (χ4v) is 2.73. The third-order valence-electron chi connectivity index (χ3n) is 3.18. The van der Waals surface area contributed by atoms with Gasteiger partial charge in [0.25, 0.3) is 0 Å². The highest BCUT2D eigenvalue weighted by molar-refractivity contribution is 9.10. The maximum atomic E-state index is 5.53. The van der Waals surface area contributed by atoms with E-state index in [1.54, 1.807) is 13.3 Å². The quantitative estimate of drug-likeness (QED) is 0.717. The Morgan fingerprint density at radius 3 is 2.75 bits per heavy atom. The van der Waals surface area contributed by atoms with Crippen molar-refractivity contribution in [3.8, 4) is 17.0 Å². The normalized spacial score (nSPS) is 11.0. The summed E-state index contributed by atoms with van der Waals surface area (Å²) in [5.41, 5.74) is 4.14. The summed E-state index contributed by atoms with van der Waals surface area (Å²) >= 11 is 3.41. The summed E-state index contributed by atoms with van der Waals surface area (Å²) in [5.74, 6) is 1.53. The molecular formula is C15H14BrN3O. The number of hydrogen-bond donors (Lipinski definition) is 0. The van der Waals surface area contributed by atoms with Crippen LogP contribution >= 0.6 is 15.9 Å². The molecule has 0 radical (unpaired) electrons. The monoisotopic (exact) mass is 331 g/mol. The molecule has 3 aromatic rings. The molecule has 5 heteroatoms. The lowest BCUT2D eigenvalue weighted by atomic mass is 10.0. The van der Waals surface area contributed by atoms with Gasteiger partial charge in [-0.25, -0.2) is 9.97 Å². The largest absolute Gasteiger partial charge is 0.496 e. The molecule has 2 aromatic heterocycles. The van der Waals surface area contributed by atoms with Gasteiger partial charge in [-0.2, -0.15) is 0 Å². The second-order valence-electron chi connectivity index (χ2n) is 4.77. The lowest BCUT2D eigenvalue weighted by Crippen LogP contribution is -1.93. The Balaban J connectivity index is 2.24. The second kappa shape index (κ2) is 4.90. The molecule has 0 aliphatic carbocycles. The number of methoxy groups -OCH3 is 1. The van der Waals surface area contributed by atoms with Gasteiger partial charge in [0.1, 0.15) is 5.75 Å². The topological polar surface area (TPSA) is 39.4 Å². The maximum Gasteiger partial charge on any atom is 0.234 e. The highest BCUT2D eigenvalue weighted by Gasteiger charge is 2.13. The number of rotatable bonds is 2. The number of aryl methyl sites for hydroxylation is 2. The zero-order chi connectivity index (χ0) is 14.3. The van der Waals surface area contributed by atoms with Crippen LogP contribution < -0.4 is 4.74 Å². The Hall–Kier alpha value is -1.88. The Kier molecular flexibility index (Phi) is 3.22. The van der Waals surface area contributed by atoms with Gasteiger partial charge < -0.3 is 4.74 Å². The maximum absolute atomic E-state index is 5.53. The summed E-state index contributed by atoms with van der Waals surface area (Å²) in [6.07, 6.45) is 5.64. The van der Waals surface area contributed by atoms with E-state index in [4.69, 9.17) is 4.74 Å². The Morgan fingerprint density at radius 2 is 2.00 bits per heavy atom. The first-order valence-corrected chi connectivity index (χ1v) is 7.03. The minimum Gasteiger partial charge on any atom is -0.496 e. The van der Waals surface area contributed by atoms with E-state index >= 15 is 0 Å². The van der Waals surface area contributed by atoms with Crippen LogP contribution in [0.3, 0.4) is 0 Å². The van der Waals surface area contributed by atoms with E-state index in [2.05, 4.69) is 45.0 Å². The van der Waals surface area contributed by atoms with Gasteiger partial charge >= 0.3 is 0 Å². The molecule has 0 unspecified atom stereocenters. The molecule has 0 aliphatic rings. The Bertz CT molecular complexity index is 795. The van der Waals surface area contributed by atoms with Crippen LogP contribution in [0.25, 0.3) is 17.0 Å². The molecule has 102 valence electrons. The predicted octanol–water partition coefficient (Wildman–Crippen LogP) is 3.78. The fraction of sp³-hybridized carbons (Fsp3) is 0.200. The lowest BCUT2D eigenvalue weighted by molar-refractivity contribution is 0.413. The number of halogens is 1. The molecule has 0 saturated carbocycles. The first kappa shape index (κ1) is 13.1. The van der Waals surface area contributed by atoms with Crippen LogP contribution in [0.1, 0.15) is 11.1 Å². The standard InChI is InChI=1S/C15H14BrN3O/c1-9-4-10(2)14(20-3)12(5-9)13-8-19-7-11(16)6-17-15(19)18-13/h4-8H,1-3H3. The molecule has 0 atom stereocenters. The number of imidazole rings is 1. The molecule has 0 saturated heterocycles. The molecule has 2 heterocycles. The molecule has 0 fully saturated rings. The first-order valence-electron chi connectivity index (χ1n) is 6.24. The molecule has 0 bridgehead atoms. The molecule has 0 spiro atoms. The highest BCUT2D eigenvalue weighted by Crippen LogP contribution is 2.33. The third kappa shape index (κ3) is 2.18. The number of nitrogens with zero attached hydrogens (tertiary/aromatic N) is 3. The average Bonchev–Trinajstić information content (AvgIpc) is 2.80. The molecule has 0 aliphatic heterocycles. The minimum atomic E-state index is 0.671. The molecular weight excluding hydrogens is 318 g/mol. The van der Waals surface area contributed by atoms with Crippen molar-refractivity contribution in [1.82, 2.24) is 14.4 Å². The fourth-order valence-electron chi connectivity index (χ4n) is 2.41. The van der Waals surface area contributed by atoms with Gasteiger partial charge in [0.15, 0.2) is 0 Å². The van der Waals surface area contributed by atoms with Gasteiger partial charge in [0.2, 0.25) is 5.78 Å². The van der Waals surface area contributed by atoms with E-state index in [9.17, 15) is 0 Å². The van der Waals surface area contributed by atoms with E-state index in [0.717, 1.165) is 27.0 Å². The van der Waals surface area contributed by atoms with Gasteiger partial charge in [0, 0.05) is 24.2 Å². The van der Waals surface area contributed by atoms with Crippen molar-refractivity contribution in [3.05, 3.63) is 46.3 Å².